The quantitative estimate of drug-likeness (QED) is 0.268. The molecular weight excluding hydrogens is 434 g/mol. The van der Waals surface area contributed by atoms with E-state index in [1.165, 1.54) is 36.4 Å². The second kappa shape index (κ2) is 8.64. The molecule has 1 saturated heterocycles. The highest BCUT2D eigenvalue weighted by Crippen LogP contribution is 2.42. The molecule has 11 nitrogen and oxygen atoms in total. The number of aromatic nitrogens is 2. The lowest BCUT2D eigenvalue weighted by Crippen LogP contribution is -2.59. The molecule has 170 valence electrons. The van der Waals surface area contributed by atoms with E-state index in [0.717, 1.165) is 17.0 Å². The lowest BCUT2D eigenvalue weighted by Gasteiger charge is -2.31. The van der Waals surface area contributed by atoms with Crippen molar-refractivity contribution < 1.29 is 34.6 Å². The standard InChI is InChI=1S/C22H19N3O8/c26-15(13-7-3-1-4-8-13)16(27)19-22(30,17(28)14-9-5-2-6-10-14)18(29)20(33-19)24-12-11-23-21(24)25(31)32/h1-12,16,18-20,27,29-30H/t16?,18-,19+,20+,22-/m0/s1. The van der Waals surface area contributed by atoms with Gasteiger partial charge in [0.1, 0.15) is 24.6 Å². The summed E-state index contributed by atoms with van der Waals surface area (Å²) < 4.78 is 6.41. The van der Waals surface area contributed by atoms with E-state index in [0.29, 0.717) is 0 Å². The van der Waals surface area contributed by atoms with E-state index >= 15 is 0 Å². The maximum Gasteiger partial charge on any atom is 0.436 e. The van der Waals surface area contributed by atoms with E-state index in [-0.39, 0.29) is 11.1 Å². The first kappa shape index (κ1) is 22.4. The van der Waals surface area contributed by atoms with Crippen molar-refractivity contribution in [3.8, 4) is 0 Å². The van der Waals surface area contributed by atoms with Crippen LogP contribution in [0.2, 0.25) is 0 Å². The lowest BCUT2D eigenvalue weighted by molar-refractivity contribution is -0.398. The fourth-order valence-electron chi connectivity index (χ4n) is 3.89. The Bertz CT molecular complexity index is 1180. The first-order valence-corrected chi connectivity index (χ1v) is 9.87. The van der Waals surface area contributed by atoms with Crippen LogP contribution in [-0.2, 0) is 4.74 Å². The molecule has 0 radical (unpaired) electrons. The molecule has 0 amide bonds. The van der Waals surface area contributed by atoms with Crippen LogP contribution in [0.25, 0.3) is 0 Å². The number of hydrogen-bond donors (Lipinski definition) is 3. The lowest BCUT2D eigenvalue weighted by atomic mass is 9.80. The van der Waals surface area contributed by atoms with Gasteiger partial charge in [-0.05, 0) is 4.92 Å². The van der Waals surface area contributed by atoms with Crippen molar-refractivity contribution in [3.05, 3.63) is 94.3 Å². The summed E-state index contributed by atoms with van der Waals surface area (Å²) in [4.78, 5) is 40.3. The molecule has 2 heterocycles. The van der Waals surface area contributed by atoms with Gasteiger partial charge in [0, 0.05) is 11.1 Å². The number of benzene rings is 2. The zero-order valence-corrected chi connectivity index (χ0v) is 17.0. The van der Waals surface area contributed by atoms with Crippen molar-refractivity contribution >= 4 is 17.5 Å². The highest BCUT2D eigenvalue weighted by atomic mass is 16.6. The van der Waals surface area contributed by atoms with Gasteiger partial charge < -0.3 is 30.2 Å². The molecule has 0 saturated carbocycles. The van der Waals surface area contributed by atoms with Crippen LogP contribution in [0.15, 0.2) is 73.1 Å². The summed E-state index contributed by atoms with van der Waals surface area (Å²) in [5, 5.41) is 44.6. The van der Waals surface area contributed by atoms with Crippen molar-refractivity contribution in [2.75, 3.05) is 0 Å². The molecule has 1 aliphatic heterocycles. The minimum absolute atomic E-state index is 0.0206. The monoisotopic (exact) mass is 453 g/mol. The third-order valence-corrected chi connectivity index (χ3v) is 5.54. The highest BCUT2D eigenvalue weighted by molar-refractivity contribution is 6.05. The largest absolute Gasteiger partial charge is 0.436 e. The number of ether oxygens (including phenoxy) is 1. The topological polar surface area (TPSA) is 165 Å². The Morgan fingerprint density at radius 2 is 1.67 bits per heavy atom. The van der Waals surface area contributed by atoms with E-state index in [2.05, 4.69) is 4.98 Å². The number of carbonyl (C=O) groups is 2. The van der Waals surface area contributed by atoms with Crippen LogP contribution >= 0.6 is 0 Å². The number of hydrogen-bond acceptors (Lipinski definition) is 9. The number of carbonyl (C=O) groups excluding carboxylic acids is 2. The number of rotatable bonds is 7. The maximum absolute atomic E-state index is 13.3. The number of aliphatic hydroxyl groups is 3. The summed E-state index contributed by atoms with van der Waals surface area (Å²) in [6.45, 7) is 0. The second-order valence-electron chi connectivity index (χ2n) is 7.48. The number of ketones is 2. The Labute approximate surface area is 186 Å². The van der Waals surface area contributed by atoms with Crippen molar-refractivity contribution in [1.82, 2.24) is 9.55 Å². The average molecular weight is 453 g/mol. The van der Waals surface area contributed by atoms with Crippen molar-refractivity contribution in [3.63, 3.8) is 0 Å². The number of Topliss-reactive ketones (excluding diaryl/α,β-unsaturated/α-hetero) is 2. The summed E-state index contributed by atoms with van der Waals surface area (Å²) in [7, 11) is 0. The smallest absolute Gasteiger partial charge is 0.390 e. The Balaban J connectivity index is 1.79. The van der Waals surface area contributed by atoms with Gasteiger partial charge in [-0.1, -0.05) is 65.6 Å². The Morgan fingerprint density at radius 3 is 2.24 bits per heavy atom. The summed E-state index contributed by atoms with van der Waals surface area (Å²) in [6.07, 6.45) is -5.60. The van der Waals surface area contributed by atoms with Crippen LogP contribution in [0.1, 0.15) is 26.9 Å². The van der Waals surface area contributed by atoms with Crippen molar-refractivity contribution in [1.29, 1.82) is 0 Å². The molecule has 1 aromatic heterocycles. The summed E-state index contributed by atoms with van der Waals surface area (Å²) in [6, 6.07) is 15.1. The molecule has 0 bridgehead atoms. The fraction of sp³-hybridized carbons (Fsp3) is 0.227. The number of nitrogens with zero attached hydrogens (tertiary/aromatic N) is 3. The fourth-order valence-corrected chi connectivity index (χ4v) is 3.89. The van der Waals surface area contributed by atoms with Crippen LogP contribution in [0.3, 0.4) is 0 Å². The van der Waals surface area contributed by atoms with Gasteiger partial charge in [-0.25, -0.2) is 0 Å². The Kier molecular flexibility index (Phi) is 5.87. The van der Waals surface area contributed by atoms with Crippen molar-refractivity contribution in [2.24, 2.45) is 0 Å². The number of aliphatic hydroxyl groups excluding tert-OH is 2. The molecule has 1 unspecified atom stereocenters. The van der Waals surface area contributed by atoms with Crippen LogP contribution in [0, 0.1) is 10.1 Å². The van der Waals surface area contributed by atoms with Gasteiger partial charge in [-0.3, -0.25) is 9.59 Å². The van der Waals surface area contributed by atoms with Gasteiger partial charge >= 0.3 is 5.95 Å². The molecule has 2 aromatic carbocycles. The molecule has 4 rings (SSSR count). The summed E-state index contributed by atoms with van der Waals surface area (Å²) in [5.74, 6) is -2.61. The van der Waals surface area contributed by atoms with Crippen molar-refractivity contribution in [2.45, 2.75) is 30.1 Å². The van der Waals surface area contributed by atoms with Gasteiger partial charge in [-0.2, -0.15) is 4.57 Å². The second-order valence-corrected chi connectivity index (χ2v) is 7.48. The molecule has 1 aliphatic rings. The van der Waals surface area contributed by atoms with Gasteiger partial charge in [-0.15, -0.1) is 0 Å². The molecule has 1 fully saturated rings. The zero-order chi connectivity index (χ0) is 23.8. The van der Waals surface area contributed by atoms with Crippen LogP contribution in [0.4, 0.5) is 5.95 Å². The molecule has 11 heteroatoms. The van der Waals surface area contributed by atoms with Crippen LogP contribution in [-0.4, -0.2) is 65.3 Å². The van der Waals surface area contributed by atoms with E-state index in [4.69, 9.17) is 4.74 Å². The van der Waals surface area contributed by atoms with Gasteiger partial charge in [0.25, 0.3) is 0 Å². The Hall–Kier alpha value is -3.77. The molecule has 0 spiro atoms. The van der Waals surface area contributed by atoms with Gasteiger partial charge in [0.15, 0.2) is 23.3 Å². The van der Waals surface area contributed by atoms with Gasteiger partial charge in [0.05, 0.1) is 0 Å². The minimum Gasteiger partial charge on any atom is -0.390 e. The zero-order valence-electron chi connectivity index (χ0n) is 17.0. The first-order chi connectivity index (χ1) is 15.8. The molecular formula is C22H19N3O8. The van der Waals surface area contributed by atoms with E-state index in [1.807, 2.05) is 0 Å². The van der Waals surface area contributed by atoms with E-state index in [9.17, 15) is 35.0 Å². The third-order valence-electron chi connectivity index (χ3n) is 5.54. The molecule has 0 aliphatic carbocycles. The SMILES string of the molecule is O=C(c1ccccc1)C(O)[C@H]1O[C@@H](n2ccnc2[N+](=O)[O-])[C@H](O)[C@@]1(O)C(=O)c1ccccc1. The van der Waals surface area contributed by atoms with E-state index < -0.39 is 52.6 Å². The van der Waals surface area contributed by atoms with Gasteiger partial charge in [0.2, 0.25) is 6.23 Å². The average Bonchev–Trinajstić information content (AvgIpc) is 3.43. The predicted molar refractivity (Wildman–Crippen MR) is 111 cm³/mol. The normalized spacial score (nSPS) is 25.5. The molecule has 5 atom stereocenters. The third kappa shape index (κ3) is 3.72. The van der Waals surface area contributed by atoms with Crippen LogP contribution in [0.5, 0.6) is 0 Å². The number of imidazole rings is 1. The Morgan fingerprint density at radius 1 is 1.09 bits per heavy atom. The number of nitro groups is 1. The molecule has 3 N–H and O–H groups in total. The molecule has 33 heavy (non-hydrogen) atoms. The van der Waals surface area contributed by atoms with Crippen LogP contribution < -0.4 is 0 Å². The first-order valence-electron chi connectivity index (χ1n) is 9.87. The van der Waals surface area contributed by atoms with E-state index in [1.54, 1.807) is 24.3 Å². The highest BCUT2D eigenvalue weighted by Gasteiger charge is 2.65. The minimum atomic E-state index is -2.81. The maximum atomic E-state index is 13.3. The predicted octanol–water partition coefficient (Wildman–Crippen LogP) is 0.907. The summed E-state index contributed by atoms with van der Waals surface area (Å²) in [5.41, 5.74) is -2.75. The summed E-state index contributed by atoms with van der Waals surface area (Å²) >= 11 is 0. The molecule has 3 aromatic rings.